The molecule has 0 aromatic heterocycles. The second-order valence-corrected chi connectivity index (χ2v) is 4.53. The van der Waals surface area contributed by atoms with Crippen LogP contribution < -0.4 is 11.1 Å². The van der Waals surface area contributed by atoms with Crippen LogP contribution in [0.4, 0.5) is 11.4 Å². The zero-order valence-corrected chi connectivity index (χ0v) is 11.8. The van der Waals surface area contributed by atoms with E-state index in [0.29, 0.717) is 13.1 Å². The third-order valence-electron chi connectivity index (χ3n) is 2.88. The molecule has 110 valence electrons. The van der Waals surface area contributed by atoms with Crippen LogP contribution in [0.5, 0.6) is 0 Å². The van der Waals surface area contributed by atoms with Crippen molar-refractivity contribution in [2.24, 2.45) is 0 Å². The Balaban J connectivity index is 2.80. The molecule has 0 aliphatic carbocycles. The van der Waals surface area contributed by atoms with Crippen molar-refractivity contribution in [3.63, 3.8) is 0 Å². The minimum absolute atomic E-state index is 0.0617. The largest absolute Gasteiger partial charge is 0.393 e. The highest BCUT2D eigenvalue weighted by atomic mass is 16.6. The number of nitrogens with one attached hydrogen (secondary N) is 1. The molecule has 0 heterocycles. The molecule has 3 N–H and O–H groups in total. The third-order valence-corrected chi connectivity index (χ3v) is 2.88. The van der Waals surface area contributed by atoms with E-state index in [2.05, 4.69) is 5.32 Å². The van der Waals surface area contributed by atoms with Crippen LogP contribution in [-0.4, -0.2) is 35.9 Å². The molecule has 0 saturated carbocycles. The van der Waals surface area contributed by atoms with Crippen molar-refractivity contribution in [1.82, 2.24) is 10.2 Å². The number of hydrogen-bond acceptors (Lipinski definition) is 5. The van der Waals surface area contributed by atoms with E-state index in [0.717, 1.165) is 18.5 Å². The second-order valence-electron chi connectivity index (χ2n) is 4.53. The maximum Gasteiger partial charge on any atom is 0.292 e. The van der Waals surface area contributed by atoms with Crippen molar-refractivity contribution >= 4 is 17.3 Å². The Hall–Kier alpha value is -2.15. The lowest BCUT2D eigenvalue weighted by atomic mass is 10.1. The van der Waals surface area contributed by atoms with Gasteiger partial charge in [-0.15, -0.1) is 0 Å². The van der Waals surface area contributed by atoms with E-state index in [4.69, 9.17) is 5.73 Å². The summed E-state index contributed by atoms with van der Waals surface area (Å²) >= 11 is 0. The number of nitro benzene ring substituents is 1. The number of carbonyl (C=O) groups is 1. The fourth-order valence-corrected chi connectivity index (χ4v) is 1.94. The molecule has 7 heteroatoms. The second kappa shape index (κ2) is 7.44. The third kappa shape index (κ3) is 4.51. The fourth-order valence-electron chi connectivity index (χ4n) is 1.94. The quantitative estimate of drug-likeness (QED) is 0.443. The first kappa shape index (κ1) is 15.9. The summed E-state index contributed by atoms with van der Waals surface area (Å²) in [5.74, 6) is -0.0617. The smallest absolute Gasteiger partial charge is 0.292 e. The van der Waals surface area contributed by atoms with E-state index in [9.17, 15) is 14.9 Å². The van der Waals surface area contributed by atoms with E-state index in [1.54, 1.807) is 19.2 Å². The highest BCUT2D eigenvalue weighted by Crippen LogP contribution is 2.22. The van der Waals surface area contributed by atoms with Gasteiger partial charge in [-0.2, -0.15) is 0 Å². The Morgan fingerprint density at radius 3 is 2.70 bits per heavy atom. The molecule has 1 aromatic rings. The van der Waals surface area contributed by atoms with Gasteiger partial charge in [-0.3, -0.25) is 19.8 Å². The van der Waals surface area contributed by atoms with Gasteiger partial charge in [0.1, 0.15) is 5.69 Å². The Morgan fingerprint density at radius 2 is 2.20 bits per heavy atom. The zero-order chi connectivity index (χ0) is 15.1. The number of nitrogens with two attached hydrogens (primary N) is 1. The maximum absolute atomic E-state index is 11.4. The molecule has 7 nitrogen and oxygen atoms in total. The first-order chi connectivity index (χ1) is 9.47. The average Bonchev–Trinajstić information content (AvgIpc) is 2.38. The number of benzene rings is 1. The molecule has 0 aliphatic rings. The first-order valence-electron chi connectivity index (χ1n) is 6.43. The van der Waals surface area contributed by atoms with Gasteiger partial charge in [0.2, 0.25) is 5.91 Å². The van der Waals surface area contributed by atoms with Crippen molar-refractivity contribution in [2.75, 3.05) is 25.9 Å². The van der Waals surface area contributed by atoms with Crippen molar-refractivity contribution < 1.29 is 9.72 Å². The molecule has 0 unspecified atom stereocenters. The SMILES string of the molecule is CCCN(CC(=O)NC)Cc1ccc([N+](=O)[O-])c(N)c1. The lowest BCUT2D eigenvalue weighted by Gasteiger charge is -2.20. The van der Waals surface area contributed by atoms with E-state index in [-0.39, 0.29) is 17.3 Å². The normalized spacial score (nSPS) is 10.6. The van der Waals surface area contributed by atoms with Crippen LogP contribution in [0, 0.1) is 10.1 Å². The van der Waals surface area contributed by atoms with Gasteiger partial charge in [0.25, 0.3) is 5.69 Å². The van der Waals surface area contributed by atoms with Crippen LogP contribution in [-0.2, 0) is 11.3 Å². The molecule has 0 fully saturated rings. The number of carbonyl (C=O) groups excluding carboxylic acids is 1. The topological polar surface area (TPSA) is 102 Å². The summed E-state index contributed by atoms with van der Waals surface area (Å²) < 4.78 is 0. The van der Waals surface area contributed by atoms with Gasteiger partial charge in [-0.25, -0.2) is 0 Å². The van der Waals surface area contributed by atoms with Gasteiger partial charge >= 0.3 is 0 Å². The number of likely N-dealkylation sites (N-methyl/N-ethyl adjacent to an activating group) is 1. The Bertz CT molecular complexity index is 491. The molecule has 0 aliphatic heterocycles. The minimum atomic E-state index is -0.506. The minimum Gasteiger partial charge on any atom is -0.393 e. The van der Waals surface area contributed by atoms with Crippen LogP contribution >= 0.6 is 0 Å². The van der Waals surface area contributed by atoms with Crippen molar-refractivity contribution in [3.05, 3.63) is 33.9 Å². The van der Waals surface area contributed by atoms with Gasteiger partial charge < -0.3 is 11.1 Å². The van der Waals surface area contributed by atoms with Crippen LogP contribution in [0.1, 0.15) is 18.9 Å². The number of anilines is 1. The van der Waals surface area contributed by atoms with Crippen LogP contribution in [0.25, 0.3) is 0 Å². The van der Waals surface area contributed by atoms with E-state index >= 15 is 0 Å². The first-order valence-corrected chi connectivity index (χ1v) is 6.43. The summed E-state index contributed by atoms with van der Waals surface area (Å²) in [5, 5.41) is 13.3. The molecular formula is C13H20N4O3. The van der Waals surface area contributed by atoms with Crippen LogP contribution in [0.2, 0.25) is 0 Å². The number of amides is 1. The van der Waals surface area contributed by atoms with Gasteiger partial charge in [0, 0.05) is 19.7 Å². The highest BCUT2D eigenvalue weighted by molar-refractivity contribution is 5.77. The summed E-state index contributed by atoms with van der Waals surface area (Å²) in [6.07, 6.45) is 0.916. The summed E-state index contributed by atoms with van der Waals surface area (Å²) in [7, 11) is 1.59. The Labute approximate surface area is 117 Å². The number of hydrogen-bond donors (Lipinski definition) is 2. The van der Waals surface area contributed by atoms with Crippen LogP contribution in [0.15, 0.2) is 18.2 Å². The summed E-state index contributed by atoms with van der Waals surface area (Å²) in [6.45, 7) is 3.62. The number of rotatable bonds is 7. The van der Waals surface area contributed by atoms with Gasteiger partial charge in [-0.05, 0) is 24.6 Å². The van der Waals surface area contributed by atoms with Gasteiger partial charge in [0.05, 0.1) is 11.5 Å². The Morgan fingerprint density at radius 1 is 1.50 bits per heavy atom. The zero-order valence-electron chi connectivity index (χ0n) is 11.8. The predicted octanol–water partition coefficient (Wildman–Crippen LogP) is 1.13. The molecule has 1 amide bonds. The van der Waals surface area contributed by atoms with Crippen LogP contribution in [0.3, 0.4) is 0 Å². The van der Waals surface area contributed by atoms with E-state index < -0.39 is 4.92 Å². The standard InChI is InChI=1S/C13H20N4O3/c1-3-6-16(9-13(18)15-2)8-10-4-5-12(17(19)20)11(14)7-10/h4-5,7H,3,6,8-9,14H2,1-2H3,(H,15,18). The summed E-state index contributed by atoms with van der Waals surface area (Å²) in [4.78, 5) is 23.6. The molecule has 20 heavy (non-hydrogen) atoms. The number of nitro groups is 1. The highest BCUT2D eigenvalue weighted by Gasteiger charge is 2.14. The number of nitrogen functional groups attached to an aromatic ring is 1. The average molecular weight is 280 g/mol. The molecule has 0 atom stereocenters. The van der Waals surface area contributed by atoms with E-state index in [1.165, 1.54) is 6.07 Å². The lowest BCUT2D eigenvalue weighted by Crippen LogP contribution is -2.35. The molecule has 0 bridgehead atoms. The molecular weight excluding hydrogens is 260 g/mol. The summed E-state index contributed by atoms with van der Waals surface area (Å²) in [5.41, 5.74) is 6.56. The molecule has 0 radical (unpaired) electrons. The van der Waals surface area contributed by atoms with E-state index in [1.807, 2.05) is 11.8 Å². The van der Waals surface area contributed by atoms with Gasteiger partial charge in [-0.1, -0.05) is 13.0 Å². The summed E-state index contributed by atoms with van der Waals surface area (Å²) in [6, 6.07) is 4.65. The monoisotopic (exact) mass is 280 g/mol. The molecule has 0 saturated heterocycles. The van der Waals surface area contributed by atoms with Crippen molar-refractivity contribution in [3.8, 4) is 0 Å². The lowest BCUT2D eigenvalue weighted by molar-refractivity contribution is -0.383. The molecule has 0 spiro atoms. The van der Waals surface area contributed by atoms with Crippen molar-refractivity contribution in [1.29, 1.82) is 0 Å². The molecule has 1 rings (SSSR count). The van der Waals surface area contributed by atoms with Crippen molar-refractivity contribution in [2.45, 2.75) is 19.9 Å². The maximum atomic E-state index is 11.4. The predicted molar refractivity (Wildman–Crippen MR) is 77.1 cm³/mol. The van der Waals surface area contributed by atoms with Gasteiger partial charge in [0.15, 0.2) is 0 Å². The fraction of sp³-hybridized carbons (Fsp3) is 0.462. The number of nitrogens with zero attached hydrogens (tertiary/aromatic N) is 2. The Kier molecular flexibility index (Phi) is 5.92. The molecule has 1 aromatic carbocycles.